The highest BCUT2D eigenvalue weighted by Gasteiger charge is 2.40. The van der Waals surface area contributed by atoms with Crippen LogP contribution in [0.15, 0.2) is 28.7 Å². The summed E-state index contributed by atoms with van der Waals surface area (Å²) < 4.78 is 1.06. The van der Waals surface area contributed by atoms with Crippen LogP contribution in [0.4, 0.5) is 0 Å². The summed E-state index contributed by atoms with van der Waals surface area (Å²) in [5.74, 6) is 0.146. The monoisotopic (exact) mass is 338 g/mol. The summed E-state index contributed by atoms with van der Waals surface area (Å²) in [5, 5.41) is 6.58. The van der Waals surface area contributed by atoms with Gasteiger partial charge in [0.25, 0.3) is 0 Å². The van der Waals surface area contributed by atoms with E-state index in [-0.39, 0.29) is 17.5 Å². The van der Waals surface area contributed by atoms with E-state index in [9.17, 15) is 4.79 Å². The van der Waals surface area contributed by atoms with Crippen molar-refractivity contribution in [3.8, 4) is 0 Å². The van der Waals surface area contributed by atoms with Crippen LogP contribution in [0, 0.1) is 0 Å². The molecule has 1 amide bonds. The molecule has 20 heavy (non-hydrogen) atoms. The molecule has 1 heterocycles. The minimum Gasteiger partial charge on any atom is -0.348 e. The van der Waals surface area contributed by atoms with Gasteiger partial charge in [-0.15, -0.1) is 0 Å². The van der Waals surface area contributed by atoms with Crippen LogP contribution in [0.2, 0.25) is 0 Å². The lowest BCUT2D eigenvalue weighted by atomic mass is 9.90. The predicted molar refractivity (Wildman–Crippen MR) is 85.6 cm³/mol. The average Bonchev–Trinajstić information content (AvgIpc) is 2.89. The summed E-state index contributed by atoms with van der Waals surface area (Å²) >= 11 is 3.43. The van der Waals surface area contributed by atoms with Crippen molar-refractivity contribution in [2.45, 2.75) is 51.1 Å². The quantitative estimate of drug-likeness (QED) is 0.861. The molecule has 1 aromatic rings. The van der Waals surface area contributed by atoms with Crippen LogP contribution in [-0.2, 0) is 4.79 Å². The first kappa shape index (κ1) is 15.5. The fraction of sp³-hybridized carbons (Fsp3) is 0.562. The van der Waals surface area contributed by atoms with Crippen molar-refractivity contribution >= 4 is 21.8 Å². The number of halogens is 1. The Bertz CT molecular complexity index is 452. The second kappa shape index (κ2) is 6.72. The SMILES string of the molecule is CCCC1(C(=O)N[C@@H](C)c2ccc(Br)cc2)CCCN1. The minimum atomic E-state index is -0.349. The van der Waals surface area contributed by atoms with E-state index in [4.69, 9.17) is 0 Å². The van der Waals surface area contributed by atoms with Gasteiger partial charge in [0.1, 0.15) is 0 Å². The van der Waals surface area contributed by atoms with Crippen molar-refractivity contribution in [1.82, 2.24) is 10.6 Å². The number of hydrogen-bond acceptors (Lipinski definition) is 2. The highest BCUT2D eigenvalue weighted by atomic mass is 79.9. The van der Waals surface area contributed by atoms with E-state index in [1.54, 1.807) is 0 Å². The van der Waals surface area contributed by atoms with Gasteiger partial charge in [-0.1, -0.05) is 41.4 Å². The molecule has 3 nitrogen and oxygen atoms in total. The largest absolute Gasteiger partial charge is 0.348 e. The number of benzene rings is 1. The number of carbonyl (C=O) groups is 1. The molecule has 0 aliphatic carbocycles. The van der Waals surface area contributed by atoms with Gasteiger partial charge in [-0.2, -0.15) is 0 Å². The molecule has 0 saturated carbocycles. The fourth-order valence-corrected chi connectivity index (χ4v) is 3.19. The first-order valence-electron chi connectivity index (χ1n) is 7.39. The maximum absolute atomic E-state index is 12.6. The number of nitrogens with one attached hydrogen (secondary N) is 2. The minimum absolute atomic E-state index is 0.0340. The lowest BCUT2D eigenvalue weighted by molar-refractivity contribution is -0.128. The van der Waals surface area contributed by atoms with E-state index in [0.717, 1.165) is 42.3 Å². The molecule has 110 valence electrons. The highest BCUT2D eigenvalue weighted by molar-refractivity contribution is 9.10. The van der Waals surface area contributed by atoms with E-state index in [1.807, 2.05) is 31.2 Å². The Balaban J connectivity index is 2.04. The van der Waals surface area contributed by atoms with E-state index in [2.05, 4.69) is 33.5 Å². The third-order valence-electron chi connectivity index (χ3n) is 4.07. The zero-order valence-corrected chi connectivity index (χ0v) is 13.8. The summed E-state index contributed by atoms with van der Waals surface area (Å²) in [7, 11) is 0. The number of carbonyl (C=O) groups excluding carboxylic acids is 1. The predicted octanol–water partition coefficient (Wildman–Crippen LogP) is 3.55. The second-order valence-electron chi connectivity index (χ2n) is 5.61. The highest BCUT2D eigenvalue weighted by Crippen LogP contribution is 2.26. The Morgan fingerprint density at radius 1 is 1.45 bits per heavy atom. The van der Waals surface area contributed by atoms with Gasteiger partial charge in [-0.25, -0.2) is 0 Å². The molecule has 0 bridgehead atoms. The molecule has 0 aromatic heterocycles. The summed E-state index contributed by atoms with van der Waals surface area (Å²) in [6.07, 6.45) is 3.96. The van der Waals surface area contributed by atoms with Crippen LogP contribution in [0.1, 0.15) is 51.1 Å². The maximum Gasteiger partial charge on any atom is 0.240 e. The van der Waals surface area contributed by atoms with E-state index < -0.39 is 0 Å². The number of hydrogen-bond donors (Lipinski definition) is 2. The Labute approximate surface area is 129 Å². The third kappa shape index (κ3) is 3.41. The Hall–Kier alpha value is -0.870. The maximum atomic E-state index is 12.6. The van der Waals surface area contributed by atoms with Gasteiger partial charge in [0, 0.05) is 4.47 Å². The smallest absolute Gasteiger partial charge is 0.240 e. The molecule has 2 atom stereocenters. The zero-order valence-electron chi connectivity index (χ0n) is 12.2. The molecule has 1 aromatic carbocycles. The summed E-state index contributed by atoms with van der Waals surface area (Å²) in [5.41, 5.74) is 0.782. The first-order chi connectivity index (χ1) is 9.57. The van der Waals surface area contributed by atoms with Gasteiger partial charge in [0.05, 0.1) is 11.6 Å². The Kier molecular flexibility index (Phi) is 5.22. The topological polar surface area (TPSA) is 41.1 Å². The van der Waals surface area contributed by atoms with Gasteiger partial charge < -0.3 is 10.6 Å². The molecule has 2 N–H and O–H groups in total. The molecule has 4 heteroatoms. The Morgan fingerprint density at radius 2 is 2.15 bits per heavy atom. The number of rotatable bonds is 5. The normalized spacial score (nSPS) is 23.6. The van der Waals surface area contributed by atoms with Crippen molar-refractivity contribution in [3.05, 3.63) is 34.3 Å². The zero-order chi connectivity index (χ0) is 14.6. The number of amides is 1. The van der Waals surface area contributed by atoms with Gasteiger partial charge in [-0.3, -0.25) is 4.79 Å². The van der Waals surface area contributed by atoms with E-state index >= 15 is 0 Å². The fourth-order valence-electron chi connectivity index (χ4n) is 2.92. The van der Waals surface area contributed by atoms with Crippen LogP contribution in [-0.4, -0.2) is 18.0 Å². The van der Waals surface area contributed by atoms with E-state index in [0.29, 0.717) is 0 Å². The van der Waals surface area contributed by atoms with Crippen molar-refractivity contribution < 1.29 is 4.79 Å². The van der Waals surface area contributed by atoms with Gasteiger partial charge in [-0.05, 0) is 50.4 Å². The van der Waals surface area contributed by atoms with Crippen molar-refractivity contribution in [2.75, 3.05) is 6.54 Å². The summed E-state index contributed by atoms with van der Waals surface area (Å²) in [4.78, 5) is 12.6. The van der Waals surface area contributed by atoms with Crippen molar-refractivity contribution in [1.29, 1.82) is 0 Å². The third-order valence-corrected chi connectivity index (χ3v) is 4.60. The van der Waals surface area contributed by atoms with Crippen molar-refractivity contribution in [3.63, 3.8) is 0 Å². The molecule has 1 saturated heterocycles. The molecule has 0 radical (unpaired) electrons. The molecule has 2 rings (SSSR count). The van der Waals surface area contributed by atoms with Crippen molar-refractivity contribution in [2.24, 2.45) is 0 Å². The molecule has 1 unspecified atom stereocenters. The van der Waals surface area contributed by atoms with E-state index in [1.165, 1.54) is 0 Å². The Morgan fingerprint density at radius 3 is 2.70 bits per heavy atom. The molecular formula is C16H23BrN2O. The lowest BCUT2D eigenvalue weighted by Gasteiger charge is -2.29. The van der Waals surface area contributed by atoms with Gasteiger partial charge in [0.2, 0.25) is 5.91 Å². The summed E-state index contributed by atoms with van der Waals surface area (Å²) in [6, 6.07) is 8.14. The lowest BCUT2D eigenvalue weighted by Crippen LogP contribution is -2.53. The molecule has 0 spiro atoms. The summed E-state index contributed by atoms with van der Waals surface area (Å²) in [6.45, 7) is 5.11. The van der Waals surface area contributed by atoms with Crippen LogP contribution >= 0.6 is 15.9 Å². The van der Waals surface area contributed by atoms with Crippen LogP contribution in [0.3, 0.4) is 0 Å². The molecule has 1 aliphatic rings. The molecule has 1 fully saturated rings. The van der Waals surface area contributed by atoms with Crippen LogP contribution in [0.5, 0.6) is 0 Å². The average molecular weight is 339 g/mol. The molecule has 1 aliphatic heterocycles. The van der Waals surface area contributed by atoms with Gasteiger partial charge >= 0.3 is 0 Å². The molecular weight excluding hydrogens is 316 g/mol. The standard InChI is InChI=1S/C16H23BrN2O/c1-3-9-16(10-4-11-18-16)15(20)19-12(2)13-5-7-14(17)8-6-13/h5-8,12,18H,3-4,9-11H2,1-2H3,(H,19,20)/t12-,16?/m0/s1. The van der Waals surface area contributed by atoms with Gasteiger partial charge in [0.15, 0.2) is 0 Å². The van der Waals surface area contributed by atoms with Crippen LogP contribution < -0.4 is 10.6 Å². The first-order valence-corrected chi connectivity index (χ1v) is 8.18. The van der Waals surface area contributed by atoms with Crippen LogP contribution in [0.25, 0.3) is 0 Å². The second-order valence-corrected chi connectivity index (χ2v) is 6.52.